The van der Waals surface area contributed by atoms with Gasteiger partial charge in [0.25, 0.3) is 5.91 Å². The molecule has 0 aliphatic carbocycles. The number of ether oxygens (including phenoxy) is 1. The summed E-state index contributed by atoms with van der Waals surface area (Å²) in [5.74, 6) is 0.892. The van der Waals surface area contributed by atoms with E-state index in [-0.39, 0.29) is 12.5 Å². The molecule has 2 aromatic rings. The fraction of sp³-hybridized carbons (Fsp3) is 0.300. The molecule has 0 aliphatic rings. The van der Waals surface area contributed by atoms with Crippen LogP contribution in [0.5, 0.6) is 5.75 Å². The van der Waals surface area contributed by atoms with Gasteiger partial charge in [-0.2, -0.15) is 5.10 Å². The van der Waals surface area contributed by atoms with Crippen LogP contribution in [0, 0.1) is 13.8 Å². The summed E-state index contributed by atoms with van der Waals surface area (Å²) in [6.07, 6.45) is 1.62. The first-order valence-corrected chi connectivity index (χ1v) is 8.07. The predicted molar refractivity (Wildman–Crippen MR) is 97.7 cm³/mol. The molecule has 0 saturated heterocycles. The number of benzene rings is 2. The largest absolute Gasteiger partial charge is 0.484 e. The molecule has 0 bridgehead atoms. The molecule has 2 rings (SSSR count). The molecule has 2 aromatic carbocycles. The maximum Gasteiger partial charge on any atom is 0.277 e. The highest BCUT2D eigenvalue weighted by Gasteiger charge is 2.03. The van der Waals surface area contributed by atoms with Crippen molar-refractivity contribution in [2.45, 2.75) is 33.6 Å². The average Bonchev–Trinajstić information content (AvgIpc) is 2.56. The summed E-state index contributed by atoms with van der Waals surface area (Å²) in [7, 11) is 0. The summed E-state index contributed by atoms with van der Waals surface area (Å²) < 4.78 is 5.46. The number of nitrogens with one attached hydrogen (secondary N) is 1. The van der Waals surface area contributed by atoms with Crippen LogP contribution in [-0.2, 0) is 4.79 Å². The third kappa shape index (κ3) is 5.23. The molecule has 4 nitrogen and oxygen atoms in total. The van der Waals surface area contributed by atoms with Crippen LogP contribution in [0.2, 0.25) is 0 Å². The molecule has 1 amide bonds. The van der Waals surface area contributed by atoms with Gasteiger partial charge in [0.2, 0.25) is 0 Å². The summed E-state index contributed by atoms with van der Waals surface area (Å²) >= 11 is 0. The summed E-state index contributed by atoms with van der Waals surface area (Å²) in [6, 6.07) is 13.8. The summed E-state index contributed by atoms with van der Waals surface area (Å²) in [5, 5.41) is 3.96. The molecule has 0 aliphatic heterocycles. The zero-order valence-electron chi connectivity index (χ0n) is 14.7. The number of rotatable bonds is 6. The van der Waals surface area contributed by atoms with E-state index in [2.05, 4.69) is 36.5 Å². The van der Waals surface area contributed by atoms with Crippen molar-refractivity contribution in [3.05, 3.63) is 64.7 Å². The van der Waals surface area contributed by atoms with Crippen molar-refractivity contribution in [2.75, 3.05) is 6.61 Å². The van der Waals surface area contributed by atoms with Gasteiger partial charge < -0.3 is 4.74 Å². The van der Waals surface area contributed by atoms with Crippen molar-refractivity contribution in [3.63, 3.8) is 0 Å². The second-order valence-electron chi connectivity index (χ2n) is 6.15. The van der Waals surface area contributed by atoms with Gasteiger partial charge in [-0.25, -0.2) is 5.43 Å². The monoisotopic (exact) mass is 324 g/mol. The highest BCUT2D eigenvalue weighted by Crippen LogP contribution is 2.16. The maximum atomic E-state index is 11.8. The predicted octanol–water partition coefficient (Wildman–Crippen LogP) is 3.96. The highest BCUT2D eigenvalue weighted by molar-refractivity contribution is 5.82. The Kier molecular flexibility index (Phi) is 6.13. The van der Waals surface area contributed by atoms with Gasteiger partial charge in [-0.15, -0.1) is 0 Å². The van der Waals surface area contributed by atoms with E-state index in [1.165, 1.54) is 11.1 Å². The van der Waals surface area contributed by atoms with Gasteiger partial charge in [-0.05, 0) is 54.2 Å². The Bertz CT molecular complexity index is 719. The van der Waals surface area contributed by atoms with Crippen molar-refractivity contribution >= 4 is 12.1 Å². The lowest BCUT2D eigenvalue weighted by atomic mass is 10.0. The maximum absolute atomic E-state index is 11.8. The van der Waals surface area contributed by atoms with Crippen molar-refractivity contribution in [1.29, 1.82) is 0 Å². The summed E-state index contributed by atoms with van der Waals surface area (Å²) in [5.41, 5.74) is 7.02. The third-order valence-electron chi connectivity index (χ3n) is 3.85. The van der Waals surface area contributed by atoms with Gasteiger partial charge in [0.05, 0.1) is 6.21 Å². The van der Waals surface area contributed by atoms with Crippen molar-refractivity contribution in [3.8, 4) is 5.75 Å². The fourth-order valence-corrected chi connectivity index (χ4v) is 2.13. The van der Waals surface area contributed by atoms with E-state index >= 15 is 0 Å². The number of nitrogens with zero attached hydrogens (tertiary/aromatic N) is 1. The molecule has 0 radical (unpaired) electrons. The first-order chi connectivity index (χ1) is 11.5. The molecule has 0 fully saturated rings. The molecule has 24 heavy (non-hydrogen) atoms. The van der Waals surface area contributed by atoms with Gasteiger partial charge >= 0.3 is 0 Å². The smallest absolute Gasteiger partial charge is 0.277 e. The van der Waals surface area contributed by atoms with Crippen LogP contribution in [0.15, 0.2) is 47.6 Å². The minimum absolute atomic E-state index is 0.0634. The lowest BCUT2D eigenvalue weighted by Gasteiger charge is -2.07. The van der Waals surface area contributed by atoms with Crippen LogP contribution in [0.1, 0.15) is 42.0 Å². The minimum Gasteiger partial charge on any atom is -0.484 e. The minimum atomic E-state index is -0.289. The molecule has 4 heteroatoms. The second-order valence-corrected chi connectivity index (χ2v) is 6.15. The van der Waals surface area contributed by atoms with E-state index in [4.69, 9.17) is 4.74 Å². The zero-order chi connectivity index (χ0) is 17.5. The van der Waals surface area contributed by atoms with Gasteiger partial charge in [0, 0.05) is 0 Å². The molecule has 1 N–H and O–H groups in total. The number of carbonyl (C=O) groups excluding carboxylic acids is 1. The molecule has 0 aromatic heterocycles. The Morgan fingerprint density at radius 2 is 1.83 bits per heavy atom. The van der Waals surface area contributed by atoms with E-state index in [1.807, 2.05) is 44.2 Å². The van der Waals surface area contributed by atoms with Crippen LogP contribution in [0.4, 0.5) is 0 Å². The topological polar surface area (TPSA) is 50.7 Å². The van der Waals surface area contributed by atoms with Crippen LogP contribution >= 0.6 is 0 Å². The average molecular weight is 324 g/mol. The Morgan fingerprint density at radius 3 is 2.46 bits per heavy atom. The van der Waals surface area contributed by atoms with E-state index in [9.17, 15) is 4.79 Å². The van der Waals surface area contributed by atoms with Crippen LogP contribution in [0.3, 0.4) is 0 Å². The molecule has 0 atom stereocenters. The normalized spacial score (nSPS) is 11.0. The van der Waals surface area contributed by atoms with Crippen molar-refractivity contribution < 1.29 is 9.53 Å². The van der Waals surface area contributed by atoms with E-state index in [0.29, 0.717) is 11.7 Å². The lowest BCUT2D eigenvalue weighted by molar-refractivity contribution is -0.123. The standard InChI is InChI=1S/C20H24N2O2/c1-14(2)18-8-6-17(7-9-18)12-21-22-20(23)13-24-19-10-5-15(3)16(4)11-19/h5-12,14H,13H2,1-4H3,(H,22,23)/b21-12+. The Morgan fingerprint density at radius 1 is 1.12 bits per heavy atom. The van der Waals surface area contributed by atoms with Gasteiger partial charge in [0.1, 0.15) is 5.75 Å². The SMILES string of the molecule is Cc1ccc(OCC(=O)N/N=C/c2ccc(C(C)C)cc2)cc1C. The van der Waals surface area contributed by atoms with Crippen LogP contribution in [-0.4, -0.2) is 18.7 Å². The number of hydrogen-bond donors (Lipinski definition) is 1. The number of amides is 1. The van der Waals surface area contributed by atoms with Gasteiger partial charge in [0.15, 0.2) is 6.61 Å². The third-order valence-corrected chi connectivity index (χ3v) is 3.85. The van der Waals surface area contributed by atoms with Crippen molar-refractivity contribution in [2.24, 2.45) is 5.10 Å². The second kappa shape index (κ2) is 8.29. The molecule has 0 saturated carbocycles. The fourth-order valence-electron chi connectivity index (χ4n) is 2.13. The first kappa shape index (κ1) is 17.7. The Balaban J connectivity index is 1.80. The zero-order valence-corrected chi connectivity index (χ0v) is 14.7. The molecular formula is C20H24N2O2. The van der Waals surface area contributed by atoms with Gasteiger partial charge in [-0.3, -0.25) is 4.79 Å². The first-order valence-electron chi connectivity index (χ1n) is 8.07. The van der Waals surface area contributed by atoms with Crippen LogP contribution in [0.25, 0.3) is 0 Å². The Hall–Kier alpha value is -2.62. The van der Waals surface area contributed by atoms with Crippen molar-refractivity contribution in [1.82, 2.24) is 5.43 Å². The number of hydrogen-bond acceptors (Lipinski definition) is 3. The highest BCUT2D eigenvalue weighted by atomic mass is 16.5. The Labute approximate surface area is 143 Å². The lowest BCUT2D eigenvalue weighted by Crippen LogP contribution is -2.24. The molecular weight excluding hydrogens is 300 g/mol. The molecule has 0 heterocycles. The number of hydrazone groups is 1. The summed E-state index contributed by atoms with van der Waals surface area (Å²) in [4.78, 5) is 11.8. The van der Waals surface area contributed by atoms with E-state index in [1.54, 1.807) is 6.21 Å². The van der Waals surface area contributed by atoms with E-state index in [0.717, 1.165) is 11.1 Å². The number of carbonyl (C=O) groups is 1. The quantitative estimate of drug-likeness (QED) is 0.646. The molecule has 0 unspecified atom stereocenters. The van der Waals surface area contributed by atoms with Crippen LogP contribution < -0.4 is 10.2 Å². The number of aryl methyl sites for hydroxylation is 2. The summed E-state index contributed by atoms with van der Waals surface area (Å²) in [6.45, 7) is 8.29. The molecule has 126 valence electrons. The molecule has 0 spiro atoms. The van der Waals surface area contributed by atoms with E-state index < -0.39 is 0 Å². The van der Waals surface area contributed by atoms with Gasteiger partial charge in [-0.1, -0.05) is 44.2 Å².